The quantitative estimate of drug-likeness (QED) is 0.870. The SMILES string of the molecule is CCCn1cc(Br)cc1C(=O)NCc1ccnc(OC)c1. The van der Waals surface area contributed by atoms with E-state index in [1.54, 1.807) is 19.4 Å². The summed E-state index contributed by atoms with van der Waals surface area (Å²) in [5, 5.41) is 2.91. The molecule has 0 saturated carbocycles. The van der Waals surface area contributed by atoms with Crippen LogP contribution in [0.25, 0.3) is 0 Å². The van der Waals surface area contributed by atoms with E-state index >= 15 is 0 Å². The van der Waals surface area contributed by atoms with E-state index in [4.69, 9.17) is 4.74 Å². The summed E-state index contributed by atoms with van der Waals surface area (Å²) >= 11 is 3.41. The zero-order valence-corrected chi connectivity index (χ0v) is 13.7. The lowest BCUT2D eigenvalue weighted by atomic mass is 10.2. The van der Waals surface area contributed by atoms with E-state index in [9.17, 15) is 4.79 Å². The fourth-order valence-electron chi connectivity index (χ4n) is 2.04. The Bertz CT molecular complexity index is 625. The first kappa shape index (κ1) is 15.6. The predicted molar refractivity (Wildman–Crippen MR) is 84.4 cm³/mol. The molecule has 2 rings (SSSR count). The number of halogens is 1. The van der Waals surface area contributed by atoms with Gasteiger partial charge in [-0.05, 0) is 40.0 Å². The van der Waals surface area contributed by atoms with Crippen molar-refractivity contribution in [3.05, 3.63) is 46.3 Å². The van der Waals surface area contributed by atoms with Crippen molar-refractivity contribution in [3.8, 4) is 5.88 Å². The molecule has 1 N–H and O–H groups in total. The summed E-state index contributed by atoms with van der Waals surface area (Å²) in [6.07, 6.45) is 4.56. The number of nitrogens with zero attached hydrogens (tertiary/aromatic N) is 2. The highest BCUT2D eigenvalue weighted by Crippen LogP contribution is 2.16. The molecule has 112 valence electrons. The third-order valence-electron chi connectivity index (χ3n) is 3.02. The van der Waals surface area contributed by atoms with Crippen molar-refractivity contribution in [2.75, 3.05) is 7.11 Å². The molecule has 1 amide bonds. The molecule has 6 heteroatoms. The van der Waals surface area contributed by atoms with Crippen molar-refractivity contribution in [1.82, 2.24) is 14.9 Å². The summed E-state index contributed by atoms with van der Waals surface area (Å²) < 4.78 is 7.93. The Morgan fingerprint density at radius 2 is 2.29 bits per heavy atom. The first-order valence-electron chi connectivity index (χ1n) is 6.76. The zero-order valence-electron chi connectivity index (χ0n) is 12.1. The van der Waals surface area contributed by atoms with Gasteiger partial charge in [0.05, 0.1) is 7.11 Å². The van der Waals surface area contributed by atoms with E-state index in [1.807, 2.05) is 22.9 Å². The molecule has 0 spiro atoms. The van der Waals surface area contributed by atoms with Crippen LogP contribution in [0.2, 0.25) is 0 Å². The molecule has 5 nitrogen and oxygen atoms in total. The Labute approximate surface area is 132 Å². The number of hydrogen-bond acceptors (Lipinski definition) is 3. The molecule has 0 radical (unpaired) electrons. The number of rotatable bonds is 6. The van der Waals surface area contributed by atoms with Gasteiger partial charge in [0.1, 0.15) is 5.69 Å². The number of nitrogens with one attached hydrogen (secondary N) is 1. The molecule has 0 atom stereocenters. The lowest BCUT2D eigenvalue weighted by molar-refractivity contribution is 0.0941. The van der Waals surface area contributed by atoms with Gasteiger partial charge < -0.3 is 14.6 Å². The van der Waals surface area contributed by atoms with Gasteiger partial charge >= 0.3 is 0 Å². The minimum Gasteiger partial charge on any atom is -0.481 e. The van der Waals surface area contributed by atoms with Crippen LogP contribution in [-0.2, 0) is 13.1 Å². The van der Waals surface area contributed by atoms with E-state index in [0.717, 1.165) is 23.0 Å². The molecule has 0 aromatic carbocycles. The second-order valence-corrected chi connectivity index (χ2v) is 5.54. The van der Waals surface area contributed by atoms with Crippen molar-refractivity contribution in [3.63, 3.8) is 0 Å². The lowest BCUT2D eigenvalue weighted by Gasteiger charge is -2.09. The minimum atomic E-state index is -0.0927. The number of aryl methyl sites for hydroxylation is 1. The molecule has 0 saturated heterocycles. The van der Waals surface area contributed by atoms with Crippen LogP contribution in [0.3, 0.4) is 0 Å². The van der Waals surface area contributed by atoms with Crippen molar-refractivity contribution >= 4 is 21.8 Å². The molecule has 2 aromatic heterocycles. The van der Waals surface area contributed by atoms with Crippen LogP contribution in [0.15, 0.2) is 35.1 Å². The Kier molecular flexibility index (Phi) is 5.38. The molecule has 0 bridgehead atoms. The number of amides is 1. The third kappa shape index (κ3) is 4.07. The number of hydrogen-bond donors (Lipinski definition) is 1. The Balaban J connectivity index is 2.04. The molecule has 2 aromatic rings. The average molecular weight is 352 g/mol. The molecule has 0 unspecified atom stereocenters. The van der Waals surface area contributed by atoms with E-state index in [-0.39, 0.29) is 5.91 Å². The summed E-state index contributed by atoms with van der Waals surface area (Å²) in [7, 11) is 1.57. The van der Waals surface area contributed by atoms with Crippen LogP contribution in [-0.4, -0.2) is 22.6 Å². The third-order valence-corrected chi connectivity index (χ3v) is 3.46. The molecule has 21 heavy (non-hydrogen) atoms. The lowest BCUT2D eigenvalue weighted by Crippen LogP contribution is -2.25. The van der Waals surface area contributed by atoms with Crippen molar-refractivity contribution in [1.29, 1.82) is 0 Å². The Morgan fingerprint density at radius 3 is 3.00 bits per heavy atom. The highest BCUT2D eigenvalue weighted by molar-refractivity contribution is 9.10. The van der Waals surface area contributed by atoms with Crippen LogP contribution < -0.4 is 10.1 Å². The van der Waals surface area contributed by atoms with Crippen molar-refractivity contribution in [2.45, 2.75) is 26.4 Å². The van der Waals surface area contributed by atoms with Gasteiger partial charge in [0, 0.05) is 36.0 Å². The maximum Gasteiger partial charge on any atom is 0.268 e. The monoisotopic (exact) mass is 351 g/mol. The van der Waals surface area contributed by atoms with Gasteiger partial charge in [-0.3, -0.25) is 4.79 Å². The smallest absolute Gasteiger partial charge is 0.268 e. The first-order valence-corrected chi connectivity index (χ1v) is 7.56. The zero-order chi connectivity index (χ0) is 15.2. The predicted octanol–water partition coefficient (Wildman–Crippen LogP) is 2.99. The standard InChI is InChI=1S/C15H18BrN3O2/c1-3-6-19-10-12(16)8-13(19)15(20)18-9-11-4-5-17-14(7-11)21-2/h4-5,7-8,10H,3,6,9H2,1-2H3,(H,18,20). The number of aromatic nitrogens is 2. The Hall–Kier alpha value is -1.82. The highest BCUT2D eigenvalue weighted by Gasteiger charge is 2.12. The van der Waals surface area contributed by atoms with Gasteiger partial charge in [0.2, 0.25) is 5.88 Å². The van der Waals surface area contributed by atoms with E-state index in [1.165, 1.54) is 0 Å². The van der Waals surface area contributed by atoms with Crippen LogP contribution in [0.1, 0.15) is 29.4 Å². The highest BCUT2D eigenvalue weighted by atomic mass is 79.9. The van der Waals surface area contributed by atoms with Gasteiger partial charge in [-0.25, -0.2) is 4.98 Å². The largest absolute Gasteiger partial charge is 0.481 e. The molecule has 0 aliphatic heterocycles. The van der Waals surface area contributed by atoms with Crippen LogP contribution in [0, 0.1) is 0 Å². The van der Waals surface area contributed by atoms with Crippen molar-refractivity contribution < 1.29 is 9.53 Å². The summed E-state index contributed by atoms with van der Waals surface area (Å²) in [6, 6.07) is 5.49. The van der Waals surface area contributed by atoms with Crippen molar-refractivity contribution in [2.24, 2.45) is 0 Å². The molecular formula is C15H18BrN3O2. The number of ether oxygens (including phenoxy) is 1. The average Bonchev–Trinajstić information content (AvgIpc) is 2.86. The minimum absolute atomic E-state index is 0.0927. The summed E-state index contributed by atoms with van der Waals surface area (Å²) in [5.41, 5.74) is 1.60. The van der Waals surface area contributed by atoms with E-state index < -0.39 is 0 Å². The topological polar surface area (TPSA) is 56.2 Å². The number of methoxy groups -OCH3 is 1. The van der Waals surface area contributed by atoms with Gasteiger partial charge in [0.15, 0.2) is 0 Å². The molecule has 2 heterocycles. The fraction of sp³-hybridized carbons (Fsp3) is 0.333. The summed E-state index contributed by atoms with van der Waals surface area (Å²) in [6.45, 7) is 3.34. The van der Waals surface area contributed by atoms with Gasteiger partial charge in [0.25, 0.3) is 5.91 Å². The maximum absolute atomic E-state index is 12.3. The van der Waals surface area contributed by atoms with Crippen LogP contribution in [0.4, 0.5) is 0 Å². The second kappa shape index (κ2) is 7.26. The fourth-order valence-corrected chi connectivity index (χ4v) is 2.50. The van der Waals surface area contributed by atoms with E-state index in [0.29, 0.717) is 18.1 Å². The first-order chi connectivity index (χ1) is 10.1. The van der Waals surface area contributed by atoms with Gasteiger partial charge in [-0.15, -0.1) is 0 Å². The van der Waals surface area contributed by atoms with Crippen LogP contribution >= 0.6 is 15.9 Å². The Morgan fingerprint density at radius 1 is 1.48 bits per heavy atom. The molecular weight excluding hydrogens is 334 g/mol. The number of carbonyl (C=O) groups excluding carboxylic acids is 1. The number of carbonyl (C=O) groups is 1. The van der Waals surface area contributed by atoms with Gasteiger partial charge in [-0.1, -0.05) is 6.92 Å². The summed E-state index contributed by atoms with van der Waals surface area (Å²) in [4.78, 5) is 16.3. The second-order valence-electron chi connectivity index (χ2n) is 4.63. The number of pyridine rings is 1. The van der Waals surface area contributed by atoms with E-state index in [2.05, 4.69) is 33.2 Å². The molecule has 0 aliphatic rings. The van der Waals surface area contributed by atoms with Crippen LogP contribution in [0.5, 0.6) is 5.88 Å². The normalized spacial score (nSPS) is 10.4. The molecule has 0 aliphatic carbocycles. The van der Waals surface area contributed by atoms with Gasteiger partial charge in [-0.2, -0.15) is 0 Å². The molecule has 0 fully saturated rings. The summed E-state index contributed by atoms with van der Waals surface area (Å²) in [5.74, 6) is 0.448. The maximum atomic E-state index is 12.3.